The van der Waals surface area contributed by atoms with Crippen molar-refractivity contribution < 1.29 is 37.3 Å². The number of nitrogens with one attached hydrogen (secondary N) is 1. The number of hydrazine groups is 1. The molecule has 10 rings (SSSR count). The van der Waals surface area contributed by atoms with E-state index in [9.17, 15) is 32.7 Å². The Kier molecular flexibility index (Phi) is 10.6. The van der Waals surface area contributed by atoms with Crippen LogP contribution in [0.4, 0.5) is 19.0 Å². The summed E-state index contributed by atoms with van der Waals surface area (Å²) in [6.07, 6.45) is -2.87. The summed E-state index contributed by atoms with van der Waals surface area (Å²) in [6.45, 7) is -0.401. The van der Waals surface area contributed by atoms with E-state index in [-0.39, 0.29) is 37.4 Å². The number of anilines is 1. The van der Waals surface area contributed by atoms with Crippen LogP contribution in [0.5, 0.6) is 17.2 Å². The van der Waals surface area contributed by atoms with E-state index in [4.69, 9.17) is 32.7 Å². The smallest absolute Gasteiger partial charge is 0.417 e. The number of allylic oxidation sites excluding steroid dienone is 2. The molecule has 2 fully saturated rings. The lowest BCUT2D eigenvalue weighted by molar-refractivity contribution is -0.139. The third-order valence-corrected chi connectivity index (χ3v) is 13.9. The number of phenolic OH excluding ortho intramolecular Hbond substituents is 1. The zero-order valence-corrected chi connectivity index (χ0v) is 37.6. The first-order valence-electron chi connectivity index (χ1n) is 21.1. The molecule has 1 saturated carbocycles. The van der Waals surface area contributed by atoms with Gasteiger partial charge in [0.1, 0.15) is 11.4 Å². The number of ether oxygens (including phenoxy) is 2. The molecule has 3 aromatic heterocycles. The van der Waals surface area contributed by atoms with Gasteiger partial charge < -0.3 is 19.1 Å². The van der Waals surface area contributed by atoms with Crippen molar-refractivity contribution in [2.45, 2.75) is 49.5 Å². The van der Waals surface area contributed by atoms with Crippen molar-refractivity contribution in [3.63, 3.8) is 0 Å². The number of amides is 2. The fourth-order valence-electron chi connectivity index (χ4n) is 10.3. The van der Waals surface area contributed by atoms with Gasteiger partial charge in [-0.15, -0.1) is 0 Å². The van der Waals surface area contributed by atoms with Gasteiger partial charge in [-0.1, -0.05) is 71.7 Å². The number of pyridine rings is 1. The van der Waals surface area contributed by atoms with Gasteiger partial charge in [-0.3, -0.25) is 19.8 Å². The molecule has 2 amide bonds. The number of aryl methyl sites for hydroxylation is 2. The highest BCUT2D eigenvalue weighted by Crippen LogP contribution is 2.63. The first-order valence-corrected chi connectivity index (χ1v) is 21.8. The van der Waals surface area contributed by atoms with E-state index < -0.39 is 74.6 Å². The van der Waals surface area contributed by atoms with Crippen LogP contribution in [0.25, 0.3) is 21.8 Å². The average molecular weight is 970 g/mol. The zero-order chi connectivity index (χ0) is 48.1. The number of alkyl halides is 3. The molecule has 4 aromatic carbocycles. The highest BCUT2D eigenvalue weighted by atomic mass is 35.5. The number of benzene rings is 4. The maximum atomic E-state index is 15.7. The Hall–Kier alpha value is -7.38. The predicted octanol–water partition coefficient (Wildman–Crippen LogP) is 6.52. The van der Waals surface area contributed by atoms with E-state index >= 15 is 9.59 Å². The summed E-state index contributed by atoms with van der Waals surface area (Å²) in [6, 6.07) is 19.2. The van der Waals surface area contributed by atoms with Gasteiger partial charge >= 0.3 is 17.6 Å². The van der Waals surface area contributed by atoms with Crippen LogP contribution in [0.3, 0.4) is 0 Å². The number of carbonyl (C=O) groups is 2. The zero-order valence-electron chi connectivity index (χ0n) is 36.0. The van der Waals surface area contributed by atoms with E-state index in [1.165, 1.54) is 34.2 Å². The first-order chi connectivity index (χ1) is 32.5. The molecule has 2 N–H and O–H groups in total. The van der Waals surface area contributed by atoms with Crippen LogP contribution in [0.2, 0.25) is 10.0 Å². The van der Waals surface area contributed by atoms with Gasteiger partial charge in [0.05, 0.1) is 59.8 Å². The minimum atomic E-state index is -4.79. The largest absolute Gasteiger partial charge is 0.507 e. The van der Waals surface area contributed by atoms with Crippen LogP contribution in [-0.4, -0.2) is 64.6 Å². The van der Waals surface area contributed by atoms with Gasteiger partial charge in [0.25, 0.3) is 17.4 Å². The third kappa shape index (κ3) is 6.61. The molecule has 348 valence electrons. The molecular weight excluding hydrogens is 932 g/mol. The van der Waals surface area contributed by atoms with Crippen molar-refractivity contribution in [3.05, 3.63) is 160 Å². The number of rotatable bonds is 9. The lowest BCUT2D eigenvalue weighted by atomic mass is 9.53. The summed E-state index contributed by atoms with van der Waals surface area (Å²) in [4.78, 5) is 82.0. The number of methoxy groups -OCH3 is 2. The molecule has 0 spiro atoms. The molecule has 1 saturated heterocycles. The molecule has 16 nitrogen and oxygen atoms in total. The Morgan fingerprint density at radius 3 is 2.31 bits per heavy atom. The Morgan fingerprint density at radius 2 is 1.62 bits per heavy atom. The number of aromatic hydroxyl groups is 1. The second-order valence-corrected chi connectivity index (χ2v) is 17.5. The van der Waals surface area contributed by atoms with Gasteiger partial charge in [-0.25, -0.2) is 33.5 Å². The summed E-state index contributed by atoms with van der Waals surface area (Å²) in [5.41, 5.74) is -0.0399. The SMILES string of the molecule is COc1cc2nc(CCn3c(=O)n4n(c3=O)[C@@H]3C[C@H]5C(=O)N(Nc6ncc(C(F)(F)F)cc6Cl)C(=O)[C@@]5(c5ccc(Cl)cc5)[C@@H](c5ccc(O)c6ccccc56)C3=CC4)c(=O)n(C)c2cc1OC. The number of fused-ring (bicyclic) bond motifs is 6. The highest BCUT2D eigenvalue weighted by molar-refractivity contribution is 6.33. The van der Waals surface area contributed by atoms with Crippen molar-refractivity contribution in [2.24, 2.45) is 13.0 Å². The van der Waals surface area contributed by atoms with Crippen molar-refractivity contribution in [1.29, 1.82) is 0 Å². The number of aromatic nitrogens is 6. The molecule has 0 unspecified atom stereocenters. The molecular formula is C47H37Cl2F3N8O8. The van der Waals surface area contributed by atoms with E-state index in [1.54, 1.807) is 79.9 Å². The van der Waals surface area contributed by atoms with Crippen LogP contribution in [0.1, 0.15) is 40.8 Å². The lowest BCUT2D eigenvalue weighted by Gasteiger charge is -2.49. The maximum absolute atomic E-state index is 15.7. The lowest BCUT2D eigenvalue weighted by Crippen LogP contribution is -2.53. The standard InChI is InChI=1S/C47H37Cl2F3N8O8/c1-56-35-21-38(68-3)37(67-2)20-33(35)54-32(42(56)63)15-16-57-44(65)58-17-14-29-34(60(58)45(57)66)19-30-41(62)59(55-40-31(49)18-24(22-53-40)47(50,51)52)43(64)46(30,23-8-10-25(48)11-9-23)39(29)28-12-13-36(61)27-7-5-4-6-26(27)28/h4-14,18,20-22,30,34,39,61H,15-17,19H2,1-3H3,(H,53,55)/t30-,34+,39-,46+/m0/s1. The summed E-state index contributed by atoms with van der Waals surface area (Å²) < 4.78 is 56.7. The number of imide groups is 1. The fraction of sp³-hybridized carbons (Fsp3) is 0.255. The molecule has 3 aliphatic rings. The van der Waals surface area contributed by atoms with E-state index in [2.05, 4.69) is 15.4 Å². The van der Waals surface area contributed by atoms with Gasteiger partial charge in [0.15, 0.2) is 17.3 Å². The number of hydrogen-bond acceptors (Lipinski definition) is 11. The second-order valence-electron chi connectivity index (χ2n) is 16.7. The monoisotopic (exact) mass is 968 g/mol. The fourth-order valence-corrected chi connectivity index (χ4v) is 10.6. The maximum Gasteiger partial charge on any atom is 0.417 e. The number of nitrogens with zero attached hydrogens (tertiary/aromatic N) is 7. The first kappa shape index (κ1) is 44.5. The molecule has 1 aliphatic carbocycles. The van der Waals surface area contributed by atoms with Crippen LogP contribution < -0.4 is 31.8 Å². The molecule has 2 aliphatic heterocycles. The number of phenols is 1. The van der Waals surface area contributed by atoms with Gasteiger partial charge in [0.2, 0.25) is 0 Å². The van der Waals surface area contributed by atoms with Crippen molar-refractivity contribution in [3.8, 4) is 17.2 Å². The third-order valence-electron chi connectivity index (χ3n) is 13.4. The van der Waals surface area contributed by atoms with E-state index in [0.29, 0.717) is 72.3 Å². The molecule has 7 aromatic rings. The van der Waals surface area contributed by atoms with Gasteiger partial charge in [-0.05, 0) is 52.8 Å². The molecule has 21 heteroatoms. The van der Waals surface area contributed by atoms with Crippen molar-refractivity contribution in [2.75, 3.05) is 19.6 Å². The molecule has 0 bridgehead atoms. The molecule has 5 heterocycles. The average Bonchev–Trinajstić information content (AvgIpc) is 3.69. The summed E-state index contributed by atoms with van der Waals surface area (Å²) in [7, 11) is 4.49. The number of halogens is 5. The topological polar surface area (TPSA) is 185 Å². The van der Waals surface area contributed by atoms with Crippen LogP contribution in [0, 0.1) is 5.92 Å². The Morgan fingerprint density at radius 1 is 0.912 bits per heavy atom. The van der Waals surface area contributed by atoms with Crippen molar-refractivity contribution >= 4 is 62.6 Å². The Bertz CT molecular complexity index is 3510. The summed E-state index contributed by atoms with van der Waals surface area (Å²) in [5, 5.41) is 12.5. The quantitative estimate of drug-likeness (QED) is 0.119. The molecule has 0 radical (unpaired) electrons. The van der Waals surface area contributed by atoms with Crippen LogP contribution in [0.15, 0.2) is 111 Å². The Balaban J connectivity index is 1.13. The minimum absolute atomic E-state index is 0.0664. The summed E-state index contributed by atoms with van der Waals surface area (Å²) >= 11 is 12.7. The summed E-state index contributed by atoms with van der Waals surface area (Å²) in [5.74, 6) is -3.78. The van der Waals surface area contributed by atoms with E-state index in [1.807, 2.05) is 0 Å². The van der Waals surface area contributed by atoms with Gasteiger partial charge in [-0.2, -0.15) is 18.2 Å². The normalized spacial score (nSPS) is 20.0. The van der Waals surface area contributed by atoms with Gasteiger partial charge in [0, 0.05) is 54.7 Å². The van der Waals surface area contributed by atoms with Crippen LogP contribution >= 0.6 is 23.2 Å². The van der Waals surface area contributed by atoms with E-state index in [0.717, 1.165) is 4.57 Å². The number of hydrogen-bond donors (Lipinski definition) is 2. The molecule has 68 heavy (non-hydrogen) atoms. The Labute approximate surface area is 391 Å². The number of carbonyl (C=O) groups excluding carboxylic acids is 2. The minimum Gasteiger partial charge on any atom is -0.507 e. The molecule has 4 atom stereocenters. The predicted molar refractivity (Wildman–Crippen MR) is 243 cm³/mol. The van der Waals surface area contributed by atoms with Crippen molar-refractivity contribution in [1.82, 2.24) is 33.5 Å². The van der Waals surface area contributed by atoms with Crippen LogP contribution in [-0.2, 0) is 47.7 Å². The highest BCUT2D eigenvalue weighted by Gasteiger charge is 2.69. The second kappa shape index (κ2) is 16.2.